The highest BCUT2D eigenvalue weighted by atomic mass is 35.5. The number of hydrogen-bond acceptors (Lipinski definition) is 4. The molecule has 2 aliphatic heterocycles. The van der Waals surface area contributed by atoms with Crippen molar-refractivity contribution < 1.29 is 22.6 Å². The third-order valence-electron chi connectivity index (χ3n) is 3.54. The summed E-state index contributed by atoms with van der Waals surface area (Å²) < 4.78 is 50.5. The van der Waals surface area contributed by atoms with Crippen LogP contribution >= 0.6 is 24.8 Å². The molecule has 0 radical (unpaired) electrons. The van der Waals surface area contributed by atoms with E-state index in [1.54, 1.807) is 6.07 Å². The Morgan fingerprint density at radius 1 is 1.05 bits per heavy atom. The van der Waals surface area contributed by atoms with Gasteiger partial charge in [0, 0.05) is 26.2 Å². The summed E-state index contributed by atoms with van der Waals surface area (Å²) in [4.78, 5) is 1.45. The van der Waals surface area contributed by atoms with Gasteiger partial charge in [0.25, 0.3) is 0 Å². The van der Waals surface area contributed by atoms with Crippen LogP contribution in [0, 0.1) is 0 Å². The van der Waals surface area contributed by atoms with Gasteiger partial charge in [0.1, 0.15) is 6.04 Å². The monoisotopic (exact) mass is 360 g/mol. The molecule has 0 saturated carbocycles. The number of piperazine rings is 1. The van der Waals surface area contributed by atoms with Crippen LogP contribution in [0.15, 0.2) is 18.2 Å². The van der Waals surface area contributed by atoms with E-state index in [0.29, 0.717) is 37.7 Å². The molecule has 1 atom stereocenters. The predicted molar refractivity (Wildman–Crippen MR) is 80.3 cm³/mol. The molecule has 2 heterocycles. The second-order valence-electron chi connectivity index (χ2n) is 4.84. The molecule has 1 aromatic rings. The number of rotatable bonds is 2. The molecule has 3 rings (SSSR count). The molecule has 0 aromatic heterocycles. The molecular weight excluding hydrogens is 344 g/mol. The van der Waals surface area contributed by atoms with Gasteiger partial charge >= 0.3 is 6.18 Å². The van der Waals surface area contributed by atoms with Crippen LogP contribution in [-0.4, -0.2) is 44.0 Å². The Kier molecular flexibility index (Phi) is 6.61. The van der Waals surface area contributed by atoms with Crippen molar-refractivity contribution in [2.75, 3.05) is 33.0 Å². The van der Waals surface area contributed by atoms with Crippen LogP contribution in [-0.2, 0) is 0 Å². The van der Waals surface area contributed by atoms with E-state index >= 15 is 0 Å². The average Bonchev–Trinajstić information content (AvgIpc) is 2.86. The van der Waals surface area contributed by atoms with Gasteiger partial charge in [-0.2, -0.15) is 13.2 Å². The highest BCUT2D eigenvalue weighted by Gasteiger charge is 2.45. The zero-order valence-corrected chi connectivity index (χ0v) is 13.2. The lowest BCUT2D eigenvalue weighted by atomic mass is 10.0. The molecule has 2 aliphatic rings. The topological polar surface area (TPSA) is 33.7 Å². The Hall–Kier alpha value is -0.890. The first-order valence-corrected chi connectivity index (χ1v) is 6.47. The predicted octanol–water partition coefficient (Wildman–Crippen LogP) is 2.77. The van der Waals surface area contributed by atoms with E-state index in [1.807, 2.05) is 0 Å². The smallest absolute Gasteiger partial charge is 0.408 e. The summed E-state index contributed by atoms with van der Waals surface area (Å²) in [5.74, 6) is 0.877. The first kappa shape index (κ1) is 19.2. The Morgan fingerprint density at radius 2 is 1.68 bits per heavy atom. The van der Waals surface area contributed by atoms with Crippen molar-refractivity contribution in [1.29, 1.82) is 0 Å². The van der Waals surface area contributed by atoms with Crippen LogP contribution < -0.4 is 14.8 Å². The standard InChI is InChI=1S/C13H15F3N2O2.2ClH/c14-13(15,16)12(18-5-3-17-4-6-18)9-1-2-10-11(7-9)20-8-19-10;;/h1-2,7,12,17H,3-6,8H2;2*1H/t12-;;/m0../s1. The molecule has 126 valence electrons. The summed E-state index contributed by atoms with van der Waals surface area (Å²) in [7, 11) is 0. The van der Waals surface area contributed by atoms with Crippen molar-refractivity contribution in [2.24, 2.45) is 0 Å². The molecule has 1 N–H and O–H groups in total. The number of fused-ring (bicyclic) bond motifs is 1. The van der Waals surface area contributed by atoms with Crippen molar-refractivity contribution in [1.82, 2.24) is 10.2 Å². The van der Waals surface area contributed by atoms with Crippen LogP contribution in [0.5, 0.6) is 11.5 Å². The number of halogens is 5. The van der Waals surface area contributed by atoms with Crippen LogP contribution in [0.4, 0.5) is 13.2 Å². The van der Waals surface area contributed by atoms with Gasteiger partial charge in [0.05, 0.1) is 0 Å². The lowest BCUT2D eigenvalue weighted by molar-refractivity contribution is -0.187. The van der Waals surface area contributed by atoms with E-state index in [-0.39, 0.29) is 37.2 Å². The summed E-state index contributed by atoms with van der Waals surface area (Å²) >= 11 is 0. The van der Waals surface area contributed by atoms with Crippen molar-refractivity contribution in [3.05, 3.63) is 23.8 Å². The minimum atomic E-state index is -4.31. The summed E-state index contributed by atoms with van der Waals surface area (Å²) in [6.07, 6.45) is -4.31. The van der Waals surface area contributed by atoms with Gasteiger partial charge in [0.15, 0.2) is 11.5 Å². The Balaban J connectivity index is 0.00000121. The lowest BCUT2D eigenvalue weighted by Gasteiger charge is -2.36. The molecule has 1 aromatic carbocycles. The van der Waals surface area contributed by atoms with Gasteiger partial charge in [-0.1, -0.05) is 6.07 Å². The van der Waals surface area contributed by atoms with Gasteiger partial charge in [-0.3, -0.25) is 4.90 Å². The number of ether oxygens (including phenoxy) is 2. The largest absolute Gasteiger partial charge is 0.454 e. The fourth-order valence-corrected chi connectivity index (χ4v) is 2.63. The van der Waals surface area contributed by atoms with Crippen LogP contribution in [0.1, 0.15) is 11.6 Å². The molecular formula is C13H17Cl2F3N2O2. The van der Waals surface area contributed by atoms with Gasteiger partial charge in [0.2, 0.25) is 6.79 Å². The second kappa shape index (κ2) is 7.59. The summed E-state index contributed by atoms with van der Waals surface area (Å²) in [6, 6.07) is 2.84. The SMILES string of the molecule is Cl.Cl.FC(F)(F)[C@H](c1ccc2c(c1)OCO2)N1CCNCC1. The van der Waals surface area contributed by atoms with Crippen LogP contribution in [0.25, 0.3) is 0 Å². The molecule has 0 aliphatic carbocycles. The van der Waals surface area contributed by atoms with E-state index in [1.165, 1.54) is 17.0 Å². The van der Waals surface area contributed by atoms with E-state index in [2.05, 4.69) is 5.32 Å². The highest BCUT2D eigenvalue weighted by Crippen LogP contribution is 2.41. The van der Waals surface area contributed by atoms with Crippen LogP contribution in [0.2, 0.25) is 0 Å². The Morgan fingerprint density at radius 3 is 2.32 bits per heavy atom. The molecule has 0 unspecified atom stereocenters. The molecule has 9 heteroatoms. The maximum absolute atomic E-state index is 13.4. The van der Waals surface area contributed by atoms with Crippen LogP contribution in [0.3, 0.4) is 0 Å². The van der Waals surface area contributed by atoms with Crippen molar-refractivity contribution in [3.8, 4) is 11.5 Å². The third-order valence-corrected chi connectivity index (χ3v) is 3.54. The average molecular weight is 361 g/mol. The highest BCUT2D eigenvalue weighted by molar-refractivity contribution is 5.85. The maximum Gasteiger partial charge on any atom is 0.408 e. The zero-order chi connectivity index (χ0) is 14.2. The van der Waals surface area contributed by atoms with Gasteiger partial charge in [-0.25, -0.2) is 0 Å². The number of alkyl halides is 3. The summed E-state index contributed by atoms with van der Waals surface area (Å²) in [6.45, 7) is 1.94. The minimum absolute atomic E-state index is 0. The zero-order valence-electron chi connectivity index (χ0n) is 11.6. The van der Waals surface area contributed by atoms with E-state index in [9.17, 15) is 13.2 Å². The summed E-state index contributed by atoms with van der Waals surface area (Å²) in [5.41, 5.74) is 0.198. The van der Waals surface area contributed by atoms with Gasteiger partial charge in [-0.05, 0) is 17.7 Å². The molecule has 0 bridgehead atoms. The number of nitrogens with zero attached hydrogens (tertiary/aromatic N) is 1. The molecule has 22 heavy (non-hydrogen) atoms. The molecule has 1 saturated heterocycles. The number of hydrogen-bond donors (Lipinski definition) is 1. The van der Waals surface area contributed by atoms with Crippen molar-refractivity contribution >= 4 is 24.8 Å². The first-order valence-electron chi connectivity index (χ1n) is 6.47. The van der Waals surface area contributed by atoms with Crippen molar-refractivity contribution in [2.45, 2.75) is 12.2 Å². The maximum atomic E-state index is 13.4. The number of nitrogens with one attached hydrogen (secondary N) is 1. The van der Waals surface area contributed by atoms with E-state index < -0.39 is 12.2 Å². The molecule has 4 nitrogen and oxygen atoms in total. The normalized spacial score (nSPS) is 19.0. The first-order chi connectivity index (χ1) is 9.55. The Bertz CT molecular complexity index is 497. The second-order valence-corrected chi connectivity index (χ2v) is 4.84. The minimum Gasteiger partial charge on any atom is -0.454 e. The fourth-order valence-electron chi connectivity index (χ4n) is 2.63. The lowest BCUT2D eigenvalue weighted by Crippen LogP contribution is -2.49. The summed E-state index contributed by atoms with van der Waals surface area (Å²) in [5, 5.41) is 3.06. The fraction of sp³-hybridized carbons (Fsp3) is 0.538. The van der Waals surface area contributed by atoms with Gasteiger partial charge in [-0.15, -0.1) is 24.8 Å². The van der Waals surface area contributed by atoms with Crippen molar-refractivity contribution in [3.63, 3.8) is 0 Å². The molecule has 0 amide bonds. The van der Waals surface area contributed by atoms with E-state index in [4.69, 9.17) is 9.47 Å². The van der Waals surface area contributed by atoms with Gasteiger partial charge < -0.3 is 14.8 Å². The molecule has 0 spiro atoms. The molecule has 1 fully saturated rings. The number of benzene rings is 1. The quantitative estimate of drug-likeness (QED) is 0.879. The Labute approximate surface area is 138 Å². The third kappa shape index (κ3) is 3.90. The van der Waals surface area contributed by atoms with E-state index in [0.717, 1.165) is 0 Å².